The number of pyridine rings is 1. The highest BCUT2D eigenvalue weighted by molar-refractivity contribution is 6.35. The van der Waals surface area contributed by atoms with E-state index in [1.54, 1.807) is 25.1 Å². The quantitative estimate of drug-likeness (QED) is 0.337. The number of nitrogens with zero attached hydrogens (tertiary/aromatic N) is 1. The molecule has 0 spiro atoms. The largest absolute Gasteiger partial charge is 0.480 e. The molecule has 1 atom stereocenters. The van der Waals surface area contributed by atoms with E-state index in [4.69, 9.17) is 25.8 Å². The predicted molar refractivity (Wildman–Crippen MR) is 127 cm³/mol. The molecule has 0 aliphatic heterocycles. The molecule has 8 nitrogen and oxygen atoms in total. The van der Waals surface area contributed by atoms with E-state index >= 15 is 0 Å². The summed E-state index contributed by atoms with van der Waals surface area (Å²) in [5.41, 5.74) is -0.737. The molecule has 0 fully saturated rings. The Morgan fingerprint density at radius 1 is 1.11 bits per heavy atom. The van der Waals surface area contributed by atoms with Gasteiger partial charge in [0.25, 0.3) is 5.91 Å². The van der Waals surface area contributed by atoms with Gasteiger partial charge in [0.05, 0.1) is 24.0 Å². The van der Waals surface area contributed by atoms with Crippen molar-refractivity contribution in [2.24, 2.45) is 0 Å². The van der Waals surface area contributed by atoms with E-state index in [9.17, 15) is 27.2 Å². The Morgan fingerprint density at radius 3 is 2.41 bits per heavy atom. The molecule has 0 radical (unpaired) electrons. The van der Waals surface area contributed by atoms with Crippen molar-refractivity contribution in [3.05, 3.63) is 70.6 Å². The Labute approximate surface area is 213 Å². The Kier molecular flexibility index (Phi) is 8.43. The number of ether oxygens (including phenoxy) is 3. The third kappa shape index (κ3) is 6.79. The summed E-state index contributed by atoms with van der Waals surface area (Å²) in [6, 6.07) is 9.15. The van der Waals surface area contributed by atoms with Gasteiger partial charge in [0, 0.05) is 12.3 Å². The molecule has 13 heteroatoms. The van der Waals surface area contributed by atoms with Gasteiger partial charge < -0.3 is 19.5 Å². The Hall–Kier alpha value is -4.06. The summed E-state index contributed by atoms with van der Waals surface area (Å²) in [5, 5.41) is 4.42. The number of carbonyl (C=O) groups is 2. The van der Waals surface area contributed by atoms with Crippen molar-refractivity contribution in [1.82, 2.24) is 4.98 Å². The SMILES string of the molecule is COc1ncc(C)c(NC(=O)c2cc(F)c(NC(=O)Oc3ccccc3)cc2O[C@@H](C)C(F)(F)F)c1Cl. The van der Waals surface area contributed by atoms with E-state index < -0.39 is 47.1 Å². The van der Waals surface area contributed by atoms with Crippen molar-refractivity contribution in [3.63, 3.8) is 0 Å². The summed E-state index contributed by atoms with van der Waals surface area (Å²) in [6.45, 7) is 2.26. The van der Waals surface area contributed by atoms with Gasteiger partial charge >= 0.3 is 12.3 Å². The number of anilines is 2. The molecule has 1 heterocycles. The first-order chi connectivity index (χ1) is 17.4. The first-order valence-electron chi connectivity index (χ1n) is 10.5. The number of hydrogen-bond acceptors (Lipinski definition) is 6. The van der Waals surface area contributed by atoms with E-state index in [2.05, 4.69) is 15.6 Å². The van der Waals surface area contributed by atoms with Gasteiger partial charge in [0.2, 0.25) is 5.88 Å². The normalized spacial score (nSPS) is 11.9. The summed E-state index contributed by atoms with van der Waals surface area (Å²) in [7, 11) is 1.30. The van der Waals surface area contributed by atoms with Gasteiger partial charge in [-0.25, -0.2) is 14.2 Å². The van der Waals surface area contributed by atoms with Crippen LogP contribution in [0.1, 0.15) is 22.8 Å². The molecule has 0 aliphatic carbocycles. The van der Waals surface area contributed by atoms with E-state index in [-0.39, 0.29) is 22.3 Å². The highest BCUT2D eigenvalue weighted by atomic mass is 35.5. The molecule has 0 aliphatic rings. The van der Waals surface area contributed by atoms with Crippen LogP contribution in [0, 0.1) is 12.7 Å². The molecule has 2 amide bonds. The van der Waals surface area contributed by atoms with Gasteiger partial charge in [-0.15, -0.1) is 0 Å². The van der Waals surface area contributed by atoms with Crippen LogP contribution in [0.15, 0.2) is 48.7 Å². The molecule has 196 valence electrons. The van der Waals surface area contributed by atoms with Gasteiger partial charge in [0.15, 0.2) is 6.10 Å². The molecule has 0 saturated heterocycles. The molecule has 37 heavy (non-hydrogen) atoms. The maximum atomic E-state index is 14.9. The topological polar surface area (TPSA) is 98.8 Å². The van der Waals surface area contributed by atoms with Crippen molar-refractivity contribution in [2.45, 2.75) is 26.1 Å². The molecule has 0 saturated carbocycles. The van der Waals surface area contributed by atoms with Gasteiger partial charge in [-0.2, -0.15) is 13.2 Å². The molecule has 3 aromatic rings. The molecular weight excluding hydrogens is 522 g/mol. The zero-order chi connectivity index (χ0) is 27.3. The highest BCUT2D eigenvalue weighted by Gasteiger charge is 2.39. The molecule has 2 aromatic carbocycles. The monoisotopic (exact) mass is 541 g/mol. The average Bonchev–Trinajstić information content (AvgIpc) is 2.83. The van der Waals surface area contributed by atoms with Crippen molar-refractivity contribution in [1.29, 1.82) is 0 Å². The third-order valence-electron chi connectivity index (χ3n) is 4.88. The fourth-order valence-electron chi connectivity index (χ4n) is 2.95. The minimum Gasteiger partial charge on any atom is -0.480 e. The van der Waals surface area contributed by atoms with E-state index in [0.717, 1.165) is 6.07 Å². The minimum absolute atomic E-state index is 0.0209. The number of rotatable bonds is 7. The maximum Gasteiger partial charge on any atom is 0.425 e. The summed E-state index contributed by atoms with van der Waals surface area (Å²) < 4.78 is 69.5. The van der Waals surface area contributed by atoms with Crippen LogP contribution in [0.3, 0.4) is 0 Å². The number of halogens is 5. The van der Waals surface area contributed by atoms with Crippen LogP contribution >= 0.6 is 11.6 Å². The lowest BCUT2D eigenvalue weighted by Crippen LogP contribution is -2.32. The number of benzene rings is 2. The number of para-hydroxylation sites is 1. The van der Waals surface area contributed by atoms with Crippen molar-refractivity contribution < 1.29 is 41.4 Å². The number of aryl methyl sites for hydroxylation is 1. The molecular formula is C24H20ClF4N3O5. The lowest BCUT2D eigenvalue weighted by Gasteiger charge is -2.21. The Balaban J connectivity index is 1.96. The number of nitrogens with one attached hydrogen (secondary N) is 2. The summed E-state index contributed by atoms with van der Waals surface area (Å²) in [6.07, 6.45) is -6.96. The maximum absolute atomic E-state index is 14.9. The van der Waals surface area contributed by atoms with Gasteiger partial charge in [-0.3, -0.25) is 10.1 Å². The minimum atomic E-state index is -4.81. The van der Waals surface area contributed by atoms with Crippen molar-refractivity contribution >= 4 is 35.0 Å². The second kappa shape index (κ2) is 11.3. The fraction of sp³-hybridized carbons (Fsp3) is 0.208. The molecule has 1 aromatic heterocycles. The van der Waals surface area contributed by atoms with Crippen LogP contribution in [0.2, 0.25) is 5.02 Å². The summed E-state index contributed by atoms with van der Waals surface area (Å²) in [4.78, 5) is 29.2. The zero-order valence-corrected chi connectivity index (χ0v) is 20.3. The lowest BCUT2D eigenvalue weighted by molar-refractivity contribution is -0.189. The summed E-state index contributed by atoms with van der Waals surface area (Å²) in [5.74, 6) is -2.73. The Morgan fingerprint density at radius 2 is 1.78 bits per heavy atom. The standard InChI is InChI=1S/C24H20ClF4N3O5/c1-12-11-30-22(35-3)19(25)20(12)32-21(33)15-9-16(26)17(10-18(15)36-13(2)24(27,28)29)31-23(34)37-14-7-5-4-6-8-14/h4-11,13H,1-3H3,(H,31,34)(H,30,32,33)/t13-/m0/s1. The van der Waals surface area contributed by atoms with Crippen LogP contribution in [0.25, 0.3) is 0 Å². The van der Waals surface area contributed by atoms with Crippen LogP contribution in [-0.4, -0.2) is 36.4 Å². The lowest BCUT2D eigenvalue weighted by atomic mass is 10.1. The van der Waals surface area contributed by atoms with Crippen molar-refractivity contribution in [3.8, 4) is 17.4 Å². The van der Waals surface area contributed by atoms with Gasteiger partial charge in [0.1, 0.15) is 22.3 Å². The highest BCUT2D eigenvalue weighted by Crippen LogP contribution is 2.35. The third-order valence-corrected chi connectivity index (χ3v) is 5.23. The van der Waals surface area contributed by atoms with Crippen LogP contribution in [0.4, 0.5) is 33.7 Å². The van der Waals surface area contributed by atoms with Crippen molar-refractivity contribution in [2.75, 3.05) is 17.7 Å². The second-order valence-electron chi connectivity index (χ2n) is 7.55. The molecule has 3 rings (SSSR count). The zero-order valence-electron chi connectivity index (χ0n) is 19.6. The van der Waals surface area contributed by atoms with Crippen LogP contribution in [0.5, 0.6) is 17.4 Å². The number of hydrogen-bond donors (Lipinski definition) is 2. The van der Waals surface area contributed by atoms with E-state index in [1.807, 2.05) is 0 Å². The van der Waals surface area contributed by atoms with E-state index in [1.165, 1.54) is 25.4 Å². The van der Waals surface area contributed by atoms with Gasteiger partial charge in [-0.05, 0) is 37.6 Å². The number of methoxy groups -OCH3 is 1. The number of carbonyl (C=O) groups excluding carboxylic acids is 2. The number of alkyl halides is 3. The molecule has 2 N–H and O–H groups in total. The van der Waals surface area contributed by atoms with Gasteiger partial charge in [-0.1, -0.05) is 29.8 Å². The summed E-state index contributed by atoms with van der Waals surface area (Å²) >= 11 is 6.19. The predicted octanol–water partition coefficient (Wildman–Crippen LogP) is 6.38. The van der Waals surface area contributed by atoms with Crippen LogP contribution in [-0.2, 0) is 0 Å². The van der Waals surface area contributed by atoms with E-state index in [0.29, 0.717) is 18.6 Å². The molecule has 0 bridgehead atoms. The second-order valence-corrected chi connectivity index (χ2v) is 7.93. The first kappa shape index (κ1) is 27.5. The Bertz CT molecular complexity index is 1310. The number of aromatic nitrogens is 1. The van der Waals surface area contributed by atoms with Crippen LogP contribution < -0.4 is 24.8 Å². The smallest absolute Gasteiger partial charge is 0.425 e. The average molecular weight is 542 g/mol. The fourth-order valence-corrected chi connectivity index (χ4v) is 3.27. The molecule has 0 unspecified atom stereocenters. The first-order valence-corrected chi connectivity index (χ1v) is 10.9. The number of amides is 2.